The second-order valence-corrected chi connectivity index (χ2v) is 9.68. The Balaban J connectivity index is 1.55. The Hall–Kier alpha value is -2.71. The van der Waals surface area contributed by atoms with Crippen molar-refractivity contribution in [1.82, 2.24) is 10.3 Å². The molecule has 0 aliphatic carbocycles. The summed E-state index contributed by atoms with van der Waals surface area (Å²) in [6.07, 6.45) is 1.74. The number of furan rings is 1. The van der Waals surface area contributed by atoms with Gasteiger partial charge < -0.3 is 19.7 Å². The number of rotatable bonds is 5. The number of aromatic hydroxyl groups is 1. The van der Waals surface area contributed by atoms with Gasteiger partial charge in [0.2, 0.25) is 0 Å². The fourth-order valence-corrected chi connectivity index (χ4v) is 5.17. The monoisotopic (exact) mass is 513 g/mol. The summed E-state index contributed by atoms with van der Waals surface area (Å²) in [5, 5.41) is 16.3. The van der Waals surface area contributed by atoms with Crippen molar-refractivity contribution in [3.8, 4) is 5.75 Å². The topological polar surface area (TPSA) is 61.5 Å². The second-order valence-electron chi connectivity index (χ2n) is 7.34. The van der Waals surface area contributed by atoms with Crippen molar-refractivity contribution in [1.29, 1.82) is 0 Å². The number of thiocarbonyl (C=S) groups is 1. The molecule has 1 fully saturated rings. The molecule has 2 atom stereocenters. The van der Waals surface area contributed by atoms with Crippen LogP contribution in [0, 0.1) is 0 Å². The van der Waals surface area contributed by atoms with Crippen LogP contribution in [0.25, 0.3) is 0 Å². The number of pyridine rings is 1. The smallest absolute Gasteiger partial charge is 0.174 e. The van der Waals surface area contributed by atoms with Crippen LogP contribution in [-0.4, -0.2) is 15.2 Å². The zero-order valence-corrected chi connectivity index (χ0v) is 20.1. The third-order valence-electron chi connectivity index (χ3n) is 5.22. The van der Waals surface area contributed by atoms with Crippen LogP contribution in [-0.2, 0) is 0 Å². The number of phenolic OH excluding ortho intramolecular Hbond substituents is 1. The lowest BCUT2D eigenvalue weighted by atomic mass is 10.0. The second kappa shape index (κ2) is 9.27. The van der Waals surface area contributed by atoms with E-state index in [0.717, 1.165) is 15.7 Å². The third kappa shape index (κ3) is 4.54. The molecule has 4 aromatic rings. The number of halogens is 2. The quantitative estimate of drug-likeness (QED) is 0.278. The zero-order valence-electron chi connectivity index (χ0n) is 17.0. The summed E-state index contributed by atoms with van der Waals surface area (Å²) in [6.45, 7) is 0. The van der Waals surface area contributed by atoms with Gasteiger partial charge in [0.1, 0.15) is 17.6 Å². The lowest BCUT2D eigenvalue weighted by molar-refractivity contribution is 0.382. The molecular weight excluding hydrogens is 497 g/mol. The summed E-state index contributed by atoms with van der Waals surface area (Å²) in [5.74, 6) is 0.742. The van der Waals surface area contributed by atoms with Gasteiger partial charge in [0, 0.05) is 21.1 Å². The molecule has 33 heavy (non-hydrogen) atoms. The van der Waals surface area contributed by atoms with Gasteiger partial charge in [-0.25, -0.2) is 0 Å². The van der Waals surface area contributed by atoms with E-state index in [1.165, 1.54) is 11.8 Å². The molecule has 5 rings (SSSR count). The van der Waals surface area contributed by atoms with Crippen LogP contribution in [0.1, 0.15) is 23.5 Å². The fraction of sp³-hybridized carbons (Fsp3) is 0.0833. The largest absolute Gasteiger partial charge is 0.506 e. The fourth-order valence-electron chi connectivity index (χ4n) is 3.76. The Morgan fingerprint density at radius 3 is 2.55 bits per heavy atom. The summed E-state index contributed by atoms with van der Waals surface area (Å²) >= 11 is 19.4. The lowest BCUT2D eigenvalue weighted by Gasteiger charge is -2.26. The molecule has 1 saturated heterocycles. The number of nitrogens with zero attached hydrogens (tertiary/aromatic N) is 2. The van der Waals surface area contributed by atoms with E-state index in [4.69, 9.17) is 39.8 Å². The van der Waals surface area contributed by atoms with E-state index in [9.17, 15) is 5.11 Å². The molecule has 0 spiro atoms. The van der Waals surface area contributed by atoms with Gasteiger partial charge in [0.25, 0.3) is 0 Å². The number of phenols is 1. The first kappa shape index (κ1) is 22.1. The minimum atomic E-state index is -0.392. The molecule has 0 saturated carbocycles. The van der Waals surface area contributed by atoms with E-state index in [2.05, 4.69) is 10.3 Å². The molecule has 0 bridgehead atoms. The summed E-state index contributed by atoms with van der Waals surface area (Å²) in [5.41, 5.74) is 1.30. The van der Waals surface area contributed by atoms with Crippen molar-refractivity contribution in [2.45, 2.75) is 22.1 Å². The average molecular weight is 514 g/mol. The van der Waals surface area contributed by atoms with Crippen molar-refractivity contribution >= 4 is 58.0 Å². The lowest BCUT2D eigenvalue weighted by Crippen LogP contribution is -2.29. The predicted octanol–water partition coefficient (Wildman–Crippen LogP) is 7.02. The molecule has 1 aliphatic rings. The molecule has 0 radical (unpaired) electrons. The highest BCUT2D eigenvalue weighted by Gasteiger charge is 2.43. The first-order valence-electron chi connectivity index (χ1n) is 10.0. The predicted molar refractivity (Wildman–Crippen MR) is 135 cm³/mol. The van der Waals surface area contributed by atoms with E-state index in [1.807, 2.05) is 59.5 Å². The van der Waals surface area contributed by atoms with Crippen molar-refractivity contribution in [2.75, 3.05) is 4.90 Å². The molecule has 0 unspecified atom stereocenters. The van der Waals surface area contributed by atoms with Crippen LogP contribution in [0.3, 0.4) is 0 Å². The molecule has 5 nitrogen and oxygen atoms in total. The van der Waals surface area contributed by atoms with Gasteiger partial charge in [-0.1, -0.05) is 41.0 Å². The molecular formula is C24H17Cl2N3O2S2. The molecule has 1 aliphatic heterocycles. The van der Waals surface area contributed by atoms with Gasteiger partial charge in [-0.05, 0) is 78.9 Å². The van der Waals surface area contributed by atoms with E-state index in [1.54, 1.807) is 24.4 Å². The van der Waals surface area contributed by atoms with Gasteiger partial charge in [-0.3, -0.25) is 4.98 Å². The van der Waals surface area contributed by atoms with Gasteiger partial charge in [0.05, 0.1) is 17.4 Å². The molecule has 0 amide bonds. The molecule has 9 heteroatoms. The number of aromatic nitrogens is 1. The van der Waals surface area contributed by atoms with Crippen molar-refractivity contribution in [3.63, 3.8) is 0 Å². The zero-order chi connectivity index (χ0) is 22.9. The summed E-state index contributed by atoms with van der Waals surface area (Å²) in [6, 6.07) is 21.3. The Morgan fingerprint density at radius 2 is 1.79 bits per heavy atom. The maximum Gasteiger partial charge on any atom is 0.174 e. The van der Waals surface area contributed by atoms with Gasteiger partial charge >= 0.3 is 0 Å². The van der Waals surface area contributed by atoms with E-state index in [0.29, 0.717) is 26.6 Å². The first-order valence-corrected chi connectivity index (χ1v) is 12.0. The van der Waals surface area contributed by atoms with Gasteiger partial charge in [-0.2, -0.15) is 0 Å². The summed E-state index contributed by atoms with van der Waals surface area (Å²) < 4.78 is 6.27. The van der Waals surface area contributed by atoms with Gasteiger partial charge in [0.15, 0.2) is 10.2 Å². The Morgan fingerprint density at radius 1 is 1.00 bits per heavy atom. The maximum absolute atomic E-state index is 10.6. The van der Waals surface area contributed by atoms with Crippen LogP contribution in [0.5, 0.6) is 5.75 Å². The number of anilines is 1. The van der Waals surface area contributed by atoms with Crippen LogP contribution in [0.4, 0.5) is 5.69 Å². The number of hydrogen-bond acceptors (Lipinski definition) is 5. The number of benzene rings is 2. The van der Waals surface area contributed by atoms with E-state index < -0.39 is 6.04 Å². The van der Waals surface area contributed by atoms with E-state index >= 15 is 0 Å². The minimum absolute atomic E-state index is 0.0672. The summed E-state index contributed by atoms with van der Waals surface area (Å²) in [4.78, 5) is 7.36. The number of hydrogen-bond donors (Lipinski definition) is 2. The maximum atomic E-state index is 10.6. The highest BCUT2D eigenvalue weighted by Crippen LogP contribution is 2.46. The standard InChI is InChI=1S/C24H17Cl2N3O2S2/c25-14-4-7-16(8-5-14)33-21-11-10-20(31-21)23-22(17-3-1-2-12-27-17)28-24(32)29(23)18-13-15(26)6-9-19(18)30/h1-13,22-23,30H,(H,28,32)/t22-,23-/m0/s1. The molecule has 3 heterocycles. The molecule has 2 N–H and O–H groups in total. The molecule has 166 valence electrons. The normalized spacial score (nSPS) is 17.9. The van der Waals surface area contributed by atoms with Crippen LogP contribution < -0.4 is 10.2 Å². The SMILES string of the molecule is Oc1ccc(Cl)cc1N1C(=S)N[C@@H](c2ccccn2)[C@@H]1c1ccc(Sc2ccc(Cl)cc2)o1. The number of nitrogens with one attached hydrogen (secondary N) is 1. The first-order chi connectivity index (χ1) is 16.0. The van der Waals surface area contributed by atoms with Crippen LogP contribution >= 0.6 is 47.2 Å². The highest BCUT2D eigenvalue weighted by molar-refractivity contribution is 7.99. The molecule has 2 aromatic carbocycles. The van der Waals surface area contributed by atoms with E-state index in [-0.39, 0.29) is 11.8 Å². The van der Waals surface area contributed by atoms with Crippen molar-refractivity contribution in [3.05, 3.63) is 100 Å². The van der Waals surface area contributed by atoms with Crippen LogP contribution in [0.2, 0.25) is 10.0 Å². The molecule has 2 aromatic heterocycles. The Kier molecular flexibility index (Phi) is 6.21. The average Bonchev–Trinajstić information content (AvgIpc) is 3.41. The highest BCUT2D eigenvalue weighted by atomic mass is 35.5. The van der Waals surface area contributed by atoms with Crippen LogP contribution in [0.15, 0.2) is 93.4 Å². The minimum Gasteiger partial charge on any atom is -0.506 e. The Bertz CT molecular complexity index is 1300. The third-order valence-corrected chi connectivity index (χ3v) is 6.95. The van der Waals surface area contributed by atoms with Gasteiger partial charge in [-0.15, -0.1) is 0 Å². The Labute approximate surface area is 210 Å². The summed E-state index contributed by atoms with van der Waals surface area (Å²) in [7, 11) is 0. The van der Waals surface area contributed by atoms with Crippen molar-refractivity contribution < 1.29 is 9.52 Å². The van der Waals surface area contributed by atoms with Crippen molar-refractivity contribution in [2.24, 2.45) is 0 Å².